The molecule has 29 heavy (non-hydrogen) atoms. The molecule has 4 aliphatic carbocycles. The SMILES string of the molecule is N#CC1(COc2cc(F)c(C(=O)N3CCCC3)cc2Cl)C2CC3CC(C2)CC1C3. The second kappa shape index (κ2) is 7.16. The fraction of sp³-hybridized carbons (Fsp3) is 0.652. The van der Waals surface area contributed by atoms with Gasteiger partial charge in [-0.2, -0.15) is 5.26 Å². The number of benzene rings is 1. The van der Waals surface area contributed by atoms with Crippen molar-refractivity contribution in [1.82, 2.24) is 4.90 Å². The number of nitriles is 1. The Bertz CT molecular complexity index is 846. The van der Waals surface area contributed by atoms with Crippen LogP contribution in [0.3, 0.4) is 0 Å². The Balaban J connectivity index is 1.35. The number of nitrogens with zero attached hydrogens (tertiary/aromatic N) is 2. The lowest BCUT2D eigenvalue weighted by Crippen LogP contribution is -2.54. The maximum Gasteiger partial charge on any atom is 0.256 e. The third kappa shape index (κ3) is 3.11. The molecule has 1 aromatic rings. The van der Waals surface area contributed by atoms with Crippen LogP contribution in [0.5, 0.6) is 5.75 Å². The molecule has 4 bridgehead atoms. The third-order valence-electron chi connectivity index (χ3n) is 7.91. The van der Waals surface area contributed by atoms with E-state index < -0.39 is 11.2 Å². The minimum Gasteiger partial charge on any atom is -0.490 e. The molecule has 154 valence electrons. The predicted octanol–water partition coefficient (Wildman–Crippen LogP) is 5.06. The molecule has 0 radical (unpaired) electrons. The molecule has 1 saturated heterocycles. The Morgan fingerprint density at radius 3 is 2.38 bits per heavy atom. The summed E-state index contributed by atoms with van der Waals surface area (Å²) in [5.74, 6) is 1.55. The first kappa shape index (κ1) is 19.2. The van der Waals surface area contributed by atoms with Crippen molar-refractivity contribution in [2.24, 2.45) is 29.1 Å². The van der Waals surface area contributed by atoms with Crippen molar-refractivity contribution in [3.05, 3.63) is 28.5 Å². The molecule has 4 nitrogen and oxygen atoms in total. The van der Waals surface area contributed by atoms with E-state index in [-0.39, 0.29) is 28.8 Å². The minimum atomic E-state index is -0.614. The van der Waals surface area contributed by atoms with Gasteiger partial charge < -0.3 is 9.64 Å². The van der Waals surface area contributed by atoms with Crippen LogP contribution in [0.2, 0.25) is 5.02 Å². The van der Waals surface area contributed by atoms with Gasteiger partial charge in [-0.25, -0.2) is 4.39 Å². The topological polar surface area (TPSA) is 53.3 Å². The highest BCUT2D eigenvalue weighted by Gasteiger charge is 2.58. The van der Waals surface area contributed by atoms with Crippen LogP contribution in [-0.2, 0) is 0 Å². The molecular formula is C23H26ClFN2O2. The first-order valence-corrected chi connectivity index (χ1v) is 11.2. The maximum atomic E-state index is 14.7. The molecule has 1 aromatic carbocycles. The van der Waals surface area contributed by atoms with E-state index in [1.54, 1.807) is 4.90 Å². The van der Waals surface area contributed by atoms with E-state index >= 15 is 0 Å². The van der Waals surface area contributed by atoms with E-state index in [4.69, 9.17) is 16.3 Å². The Kier molecular flexibility index (Phi) is 4.74. The van der Waals surface area contributed by atoms with Crippen molar-refractivity contribution in [3.8, 4) is 11.8 Å². The maximum absolute atomic E-state index is 14.7. The predicted molar refractivity (Wildman–Crippen MR) is 107 cm³/mol. The summed E-state index contributed by atoms with van der Waals surface area (Å²) in [5.41, 5.74) is -0.508. The quantitative estimate of drug-likeness (QED) is 0.689. The lowest BCUT2D eigenvalue weighted by Gasteiger charge is -2.58. The highest BCUT2D eigenvalue weighted by molar-refractivity contribution is 6.32. The van der Waals surface area contributed by atoms with Crippen LogP contribution >= 0.6 is 11.6 Å². The molecule has 0 atom stereocenters. The fourth-order valence-electron chi connectivity index (χ4n) is 6.57. The fourth-order valence-corrected chi connectivity index (χ4v) is 6.78. The summed E-state index contributed by atoms with van der Waals surface area (Å²) in [6.07, 6.45) is 7.64. The number of carbonyl (C=O) groups is 1. The van der Waals surface area contributed by atoms with Gasteiger partial charge in [-0.1, -0.05) is 11.6 Å². The summed E-state index contributed by atoms with van der Waals surface area (Å²) in [6.45, 7) is 1.56. The number of hydrogen-bond donors (Lipinski definition) is 0. The Hall–Kier alpha value is -1.80. The molecule has 0 N–H and O–H groups in total. The normalized spacial score (nSPS) is 35.0. The molecule has 4 saturated carbocycles. The summed E-state index contributed by atoms with van der Waals surface area (Å²) in [7, 11) is 0. The van der Waals surface area contributed by atoms with Crippen LogP contribution in [0.15, 0.2) is 12.1 Å². The van der Waals surface area contributed by atoms with Gasteiger partial charge in [0, 0.05) is 19.2 Å². The number of rotatable bonds is 4. The van der Waals surface area contributed by atoms with Gasteiger partial charge in [0.1, 0.15) is 18.2 Å². The third-order valence-corrected chi connectivity index (χ3v) is 8.21. The average Bonchev–Trinajstić information content (AvgIpc) is 3.24. The molecule has 0 aromatic heterocycles. The molecule has 1 aliphatic heterocycles. The Morgan fingerprint density at radius 1 is 1.17 bits per heavy atom. The van der Waals surface area contributed by atoms with E-state index in [9.17, 15) is 14.4 Å². The first-order chi connectivity index (χ1) is 14.0. The van der Waals surface area contributed by atoms with E-state index in [2.05, 4.69) is 6.07 Å². The summed E-state index contributed by atoms with van der Waals surface area (Å²) in [5, 5.41) is 10.3. The summed E-state index contributed by atoms with van der Waals surface area (Å²) >= 11 is 6.36. The second-order valence-corrected chi connectivity index (χ2v) is 9.91. The standard InChI is InChI=1S/C23H26ClFN2O2/c24-19-10-18(22(28)27-3-1-2-4-27)20(25)11-21(19)29-13-23(12-26)16-6-14-5-15(8-16)9-17(23)7-14/h10-11,14-17H,1-9,13H2. The molecule has 1 heterocycles. The minimum absolute atomic E-state index is 0.00568. The van der Waals surface area contributed by atoms with Gasteiger partial charge in [0.05, 0.1) is 22.1 Å². The van der Waals surface area contributed by atoms with Crippen LogP contribution in [0.4, 0.5) is 4.39 Å². The average molecular weight is 417 g/mol. The van der Waals surface area contributed by atoms with Crippen molar-refractivity contribution >= 4 is 17.5 Å². The molecule has 6 heteroatoms. The summed E-state index contributed by atoms with van der Waals surface area (Å²) in [6, 6.07) is 5.20. The van der Waals surface area contributed by atoms with Crippen molar-refractivity contribution in [1.29, 1.82) is 5.26 Å². The second-order valence-electron chi connectivity index (χ2n) is 9.51. The summed E-state index contributed by atoms with van der Waals surface area (Å²) < 4.78 is 20.7. The molecule has 1 amide bonds. The van der Waals surface area contributed by atoms with Crippen molar-refractivity contribution in [3.63, 3.8) is 0 Å². The number of likely N-dealkylation sites (tertiary alicyclic amines) is 1. The van der Waals surface area contributed by atoms with Gasteiger partial charge in [0.15, 0.2) is 0 Å². The molecule has 6 rings (SSSR count). The zero-order valence-corrected chi connectivity index (χ0v) is 17.3. The van der Waals surface area contributed by atoms with E-state index in [1.165, 1.54) is 18.6 Å². The van der Waals surface area contributed by atoms with Crippen LogP contribution < -0.4 is 4.74 Å². The Labute approximate surface area is 176 Å². The van der Waals surface area contributed by atoms with Gasteiger partial charge in [-0.3, -0.25) is 4.79 Å². The highest BCUT2D eigenvalue weighted by atomic mass is 35.5. The van der Waals surface area contributed by atoms with Crippen molar-refractivity contribution in [2.45, 2.75) is 44.9 Å². The number of halogens is 2. The molecule has 5 aliphatic rings. The van der Waals surface area contributed by atoms with Crippen LogP contribution in [0.25, 0.3) is 0 Å². The smallest absolute Gasteiger partial charge is 0.256 e. The van der Waals surface area contributed by atoms with E-state index in [1.807, 2.05) is 0 Å². The highest BCUT2D eigenvalue weighted by Crippen LogP contribution is 2.62. The molecular weight excluding hydrogens is 391 g/mol. The number of amides is 1. The molecule has 0 spiro atoms. The lowest BCUT2D eigenvalue weighted by molar-refractivity contribution is -0.0942. The van der Waals surface area contributed by atoms with E-state index in [0.29, 0.717) is 24.9 Å². The summed E-state index contributed by atoms with van der Waals surface area (Å²) in [4.78, 5) is 14.2. The zero-order valence-electron chi connectivity index (χ0n) is 16.5. The van der Waals surface area contributed by atoms with Gasteiger partial charge in [0.2, 0.25) is 0 Å². The Morgan fingerprint density at radius 2 is 1.79 bits per heavy atom. The first-order valence-electron chi connectivity index (χ1n) is 10.8. The van der Waals surface area contributed by atoms with E-state index in [0.717, 1.165) is 50.4 Å². The van der Waals surface area contributed by atoms with Gasteiger partial charge >= 0.3 is 0 Å². The largest absolute Gasteiger partial charge is 0.490 e. The van der Waals surface area contributed by atoms with Gasteiger partial charge in [0.25, 0.3) is 5.91 Å². The van der Waals surface area contributed by atoms with Gasteiger partial charge in [-0.15, -0.1) is 0 Å². The van der Waals surface area contributed by atoms with Gasteiger partial charge in [-0.05, 0) is 74.7 Å². The number of hydrogen-bond acceptors (Lipinski definition) is 3. The van der Waals surface area contributed by atoms with Crippen LogP contribution in [0, 0.1) is 46.2 Å². The lowest BCUT2D eigenvalue weighted by atomic mass is 9.46. The zero-order chi connectivity index (χ0) is 20.2. The van der Waals surface area contributed by atoms with Crippen molar-refractivity contribution < 1.29 is 13.9 Å². The monoisotopic (exact) mass is 416 g/mol. The number of carbonyl (C=O) groups excluding carboxylic acids is 1. The van der Waals surface area contributed by atoms with Crippen LogP contribution in [-0.4, -0.2) is 30.5 Å². The number of ether oxygens (including phenoxy) is 1. The molecule has 0 unspecified atom stereocenters. The van der Waals surface area contributed by atoms with Crippen molar-refractivity contribution in [2.75, 3.05) is 19.7 Å². The van der Waals surface area contributed by atoms with Crippen LogP contribution in [0.1, 0.15) is 55.3 Å². The molecule has 5 fully saturated rings.